The molecule has 0 saturated carbocycles. The van der Waals surface area contributed by atoms with Gasteiger partial charge in [-0.1, -0.05) is 5.92 Å². The molecule has 1 heterocycles. The van der Waals surface area contributed by atoms with E-state index in [1.807, 2.05) is 5.92 Å². The number of nitrogens with zero attached hydrogens (tertiary/aromatic N) is 1. The van der Waals surface area contributed by atoms with Crippen molar-refractivity contribution in [2.45, 2.75) is 6.18 Å². The molecule has 0 aliphatic rings. The van der Waals surface area contributed by atoms with Gasteiger partial charge in [0.05, 0.1) is 5.56 Å². The largest absolute Gasteiger partial charge is 0.434 e. The predicted molar refractivity (Wildman–Crippen MR) is 37.2 cm³/mol. The van der Waals surface area contributed by atoms with Gasteiger partial charge >= 0.3 is 6.18 Å². The van der Waals surface area contributed by atoms with E-state index in [9.17, 15) is 13.2 Å². The molecule has 0 aliphatic heterocycles. The van der Waals surface area contributed by atoms with Crippen molar-refractivity contribution in [1.29, 1.82) is 0 Å². The zero-order chi connectivity index (χ0) is 9.19. The Labute approximate surface area is 67.2 Å². The van der Waals surface area contributed by atoms with E-state index >= 15 is 0 Å². The van der Waals surface area contributed by atoms with Gasteiger partial charge in [-0.15, -0.1) is 6.42 Å². The average Bonchev–Trinajstić information content (AvgIpc) is 2.03. The van der Waals surface area contributed by atoms with Crippen LogP contribution in [-0.4, -0.2) is 4.98 Å². The van der Waals surface area contributed by atoms with Gasteiger partial charge in [0, 0.05) is 6.20 Å². The standard InChI is InChI=1S/C8H4F3N/c1-2-6-4-3-5-12-7(6)8(9,10)11/h1,3-5H. The van der Waals surface area contributed by atoms with Crippen LogP contribution in [-0.2, 0) is 6.18 Å². The molecule has 0 saturated heterocycles. The van der Waals surface area contributed by atoms with E-state index in [-0.39, 0.29) is 5.56 Å². The van der Waals surface area contributed by atoms with Crippen LogP contribution in [0, 0.1) is 12.3 Å². The minimum atomic E-state index is -4.47. The van der Waals surface area contributed by atoms with E-state index in [0.29, 0.717) is 0 Å². The van der Waals surface area contributed by atoms with Crippen molar-refractivity contribution in [3.05, 3.63) is 29.6 Å². The molecule has 1 rings (SSSR count). The molecular weight excluding hydrogens is 167 g/mol. The van der Waals surface area contributed by atoms with Crippen LogP contribution in [0.3, 0.4) is 0 Å². The molecule has 1 nitrogen and oxygen atoms in total. The number of pyridine rings is 1. The Hall–Kier alpha value is -1.50. The highest BCUT2D eigenvalue weighted by molar-refractivity contribution is 5.36. The van der Waals surface area contributed by atoms with Crippen LogP contribution in [0.4, 0.5) is 13.2 Å². The maximum absolute atomic E-state index is 12.1. The highest BCUT2D eigenvalue weighted by Gasteiger charge is 2.34. The third kappa shape index (κ3) is 1.56. The Kier molecular flexibility index (Phi) is 2.05. The van der Waals surface area contributed by atoms with Crippen molar-refractivity contribution in [2.75, 3.05) is 0 Å². The molecule has 1 aromatic heterocycles. The van der Waals surface area contributed by atoms with Crippen molar-refractivity contribution in [1.82, 2.24) is 4.98 Å². The fourth-order valence-electron chi connectivity index (χ4n) is 0.748. The van der Waals surface area contributed by atoms with Crippen LogP contribution in [0.25, 0.3) is 0 Å². The molecule has 0 N–H and O–H groups in total. The van der Waals surface area contributed by atoms with E-state index in [0.717, 1.165) is 6.20 Å². The minimum Gasteiger partial charge on any atom is -0.251 e. The van der Waals surface area contributed by atoms with E-state index < -0.39 is 11.9 Å². The molecule has 12 heavy (non-hydrogen) atoms. The smallest absolute Gasteiger partial charge is 0.251 e. The van der Waals surface area contributed by atoms with Crippen molar-refractivity contribution in [3.63, 3.8) is 0 Å². The molecule has 62 valence electrons. The Bertz CT molecular complexity index is 322. The number of rotatable bonds is 0. The lowest BCUT2D eigenvalue weighted by atomic mass is 10.2. The van der Waals surface area contributed by atoms with Gasteiger partial charge in [0.2, 0.25) is 0 Å². The third-order valence-corrected chi connectivity index (χ3v) is 1.23. The SMILES string of the molecule is C#Cc1cccnc1C(F)(F)F. The van der Waals surface area contributed by atoms with Gasteiger partial charge in [-0.05, 0) is 12.1 Å². The number of halogens is 3. The highest BCUT2D eigenvalue weighted by Crippen LogP contribution is 2.29. The fourth-order valence-corrected chi connectivity index (χ4v) is 0.748. The lowest BCUT2D eigenvalue weighted by Gasteiger charge is -2.06. The number of aromatic nitrogens is 1. The van der Waals surface area contributed by atoms with Crippen LogP contribution in [0.2, 0.25) is 0 Å². The summed E-state index contributed by atoms with van der Waals surface area (Å²) in [6.07, 6.45) is 1.45. The second kappa shape index (κ2) is 2.86. The van der Waals surface area contributed by atoms with Crippen LogP contribution in [0.1, 0.15) is 11.3 Å². The van der Waals surface area contributed by atoms with Crippen molar-refractivity contribution in [3.8, 4) is 12.3 Å². The zero-order valence-electron chi connectivity index (χ0n) is 5.89. The molecular formula is C8H4F3N. The maximum Gasteiger partial charge on any atom is 0.434 e. The first-order valence-electron chi connectivity index (χ1n) is 3.04. The van der Waals surface area contributed by atoms with Gasteiger partial charge in [0.25, 0.3) is 0 Å². The molecule has 0 aromatic carbocycles. The Morgan fingerprint density at radius 3 is 2.50 bits per heavy atom. The first kappa shape index (κ1) is 8.60. The Morgan fingerprint density at radius 1 is 1.42 bits per heavy atom. The first-order chi connectivity index (χ1) is 5.55. The van der Waals surface area contributed by atoms with Crippen LogP contribution in [0.5, 0.6) is 0 Å². The van der Waals surface area contributed by atoms with E-state index in [2.05, 4.69) is 4.98 Å². The number of hydrogen-bond acceptors (Lipinski definition) is 1. The fraction of sp³-hybridized carbons (Fsp3) is 0.125. The van der Waals surface area contributed by atoms with Crippen molar-refractivity contribution >= 4 is 0 Å². The quantitative estimate of drug-likeness (QED) is 0.544. The van der Waals surface area contributed by atoms with Gasteiger partial charge in [-0.25, -0.2) is 0 Å². The van der Waals surface area contributed by atoms with Gasteiger partial charge < -0.3 is 0 Å². The van der Waals surface area contributed by atoms with Gasteiger partial charge in [-0.2, -0.15) is 13.2 Å². The van der Waals surface area contributed by atoms with Gasteiger partial charge in [-0.3, -0.25) is 4.98 Å². The van der Waals surface area contributed by atoms with Crippen LogP contribution >= 0.6 is 0 Å². The number of alkyl halides is 3. The second-order valence-electron chi connectivity index (χ2n) is 2.04. The third-order valence-electron chi connectivity index (χ3n) is 1.23. The van der Waals surface area contributed by atoms with Crippen molar-refractivity contribution in [2.24, 2.45) is 0 Å². The van der Waals surface area contributed by atoms with Gasteiger partial charge in [0.15, 0.2) is 5.69 Å². The average molecular weight is 171 g/mol. The normalized spacial score (nSPS) is 10.8. The van der Waals surface area contributed by atoms with E-state index in [4.69, 9.17) is 6.42 Å². The number of terminal acetylenes is 1. The maximum atomic E-state index is 12.1. The van der Waals surface area contributed by atoms with Gasteiger partial charge in [0.1, 0.15) is 0 Å². The molecule has 1 aromatic rings. The lowest BCUT2D eigenvalue weighted by molar-refractivity contribution is -0.141. The molecule has 0 unspecified atom stereocenters. The van der Waals surface area contributed by atoms with E-state index in [1.165, 1.54) is 12.1 Å². The predicted octanol–water partition coefficient (Wildman–Crippen LogP) is 2.08. The summed E-state index contributed by atoms with van der Waals surface area (Å²) in [6, 6.07) is 2.57. The highest BCUT2D eigenvalue weighted by atomic mass is 19.4. The van der Waals surface area contributed by atoms with Crippen LogP contribution in [0.15, 0.2) is 18.3 Å². The minimum absolute atomic E-state index is 0.231. The monoisotopic (exact) mass is 171 g/mol. The first-order valence-corrected chi connectivity index (χ1v) is 3.04. The second-order valence-corrected chi connectivity index (χ2v) is 2.04. The molecule has 0 fully saturated rings. The number of hydrogen-bond donors (Lipinski definition) is 0. The Balaban J connectivity index is 3.26. The molecule has 0 spiro atoms. The summed E-state index contributed by atoms with van der Waals surface area (Å²) in [5.74, 6) is 1.92. The molecule has 0 atom stereocenters. The summed E-state index contributed by atoms with van der Waals surface area (Å²) in [5.41, 5.74) is -1.24. The summed E-state index contributed by atoms with van der Waals surface area (Å²) < 4.78 is 36.2. The van der Waals surface area contributed by atoms with Crippen LogP contribution < -0.4 is 0 Å². The molecule has 4 heteroatoms. The molecule has 0 aliphatic carbocycles. The molecule has 0 radical (unpaired) electrons. The molecule has 0 amide bonds. The summed E-state index contributed by atoms with van der Waals surface area (Å²) in [4.78, 5) is 3.15. The van der Waals surface area contributed by atoms with E-state index in [1.54, 1.807) is 0 Å². The topological polar surface area (TPSA) is 12.9 Å². The lowest BCUT2D eigenvalue weighted by Crippen LogP contribution is -2.09. The van der Waals surface area contributed by atoms with Crippen molar-refractivity contribution < 1.29 is 13.2 Å². The molecule has 0 bridgehead atoms. The summed E-state index contributed by atoms with van der Waals surface area (Å²) >= 11 is 0. The zero-order valence-corrected chi connectivity index (χ0v) is 5.89. The summed E-state index contributed by atoms with van der Waals surface area (Å²) in [7, 11) is 0. The summed E-state index contributed by atoms with van der Waals surface area (Å²) in [5, 5.41) is 0. The summed E-state index contributed by atoms with van der Waals surface area (Å²) in [6.45, 7) is 0. The Morgan fingerprint density at radius 2 is 2.08 bits per heavy atom.